The molecule has 0 radical (unpaired) electrons. The number of imidazole rings is 1. The molecule has 4 aromatic rings. The molecule has 2 heterocycles. The van der Waals surface area contributed by atoms with Gasteiger partial charge in [-0.05, 0) is 36.1 Å². The summed E-state index contributed by atoms with van der Waals surface area (Å²) in [6, 6.07) is 12.8. The minimum atomic E-state index is -0.240. The summed E-state index contributed by atoms with van der Waals surface area (Å²) >= 11 is 0. The molecule has 4 rings (SSSR count). The predicted octanol–water partition coefficient (Wildman–Crippen LogP) is 4.57. The van der Waals surface area contributed by atoms with Crippen LogP contribution >= 0.6 is 0 Å². The van der Waals surface area contributed by atoms with Gasteiger partial charge in [-0.3, -0.25) is 4.40 Å². The molecule has 3 nitrogen and oxygen atoms in total. The van der Waals surface area contributed by atoms with Crippen molar-refractivity contribution >= 4 is 27.3 Å². The number of aromatic nitrogens is 2. The Balaban J connectivity index is 2.14. The van der Waals surface area contributed by atoms with Crippen molar-refractivity contribution in [2.45, 2.75) is 13.3 Å². The fourth-order valence-electron chi connectivity index (χ4n) is 2.85. The van der Waals surface area contributed by atoms with Crippen LogP contribution in [-0.2, 0) is 0 Å². The van der Waals surface area contributed by atoms with E-state index in [9.17, 15) is 4.39 Å². The molecule has 110 valence electrons. The first kappa shape index (κ1) is 13.1. The molecule has 0 unspecified atom stereocenters. The van der Waals surface area contributed by atoms with Crippen LogP contribution in [0.1, 0.15) is 13.3 Å². The molecule has 0 fully saturated rings. The van der Waals surface area contributed by atoms with Crippen LogP contribution in [0, 0.1) is 5.82 Å². The molecule has 0 amide bonds. The normalized spacial score (nSPS) is 11.5. The van der Waals surface area contributed by atoms with Gasteiger partial charge in [-0.25, -0.2) is 4.39 Å². The number of fused-ring (bicyclic) bond motifs is 6. The van der Waals surface area contributed by atoms with Crippen LogP contribution in [0.4, 0.5) is 4.39 Å². The van der Waals surface area contributed by atoms with E-state index >= 15 is 0 Å². The van der Waals surface area contributed by atoms with Gasteiger partial charge in [-0.1, -0.05) is 25.1 Å². The number of halogens is 1. The third-order valence-corrected chi connectivity index (χ3v) is 3.81. The topological polar surface area (TPSA) is 26.5 Å². The fraction of sp³-hybridized carbons (Fsp3) is 0.167. The first-order valence-corrected chi connectivity index (χ1v) is 7.40. The van der Waals surface area contributed by atoms with Gasteiger partial charge in [0, 0.05) is 10.8 Å². The summed E-state index contributed by atoms with van der Waals surface area (Å²) in [5.41, 5.74) is 1.79. The number of rotatable bonds is 3. The molecular formula is C18H15FN2O. The first-order valence-electron chi connectivity index (χ1n) is 7.40. The van der Waals surface area contributed by atoms with E-state index in [1.165, 1.54) is 6.07 Å². The highest BCUT2D eigenvalue weighted by atomic mass is 19.1. The molecule has 0 aliphatic rings. The molecule has 0 saturated heterocycles. The Bertz CT molecular complexity index is 991. The summed E-state index contributed by atoms with van der Waals surface area (Å²) in [5.74, 6) is 0.361. The lowest BCUT2D eigenvalue weighted by molar-refractivity contribution is 0.307. The van der Waals surface area contributed by atoms with E-state index in [0.29, 0.717) is 12.5 Å². The molecule has 0 atom stereocenters. The Labute approximate surface area is 127 Å². The van der Waals surface area contributed by atoms with E-state index in [2.05, 4.69) is 11.9 Å². The van der Waals surface area contributed by atoms with Crippen molar-refractivity contribution in [3.05, 3.63) is 54.5 Å². The average Bonchev–Trinajstić information content (AvgIpc) is 2.97. The number of nitrogens with zero attached hydrogens (tertiary/aromatic N) is 2. The molecule has 0 aliphatic heterocycles. The van der Waals surface area contributed by atoms with E-state index in [-0.39, 0.29) is 5.82 Å². The second-order valence-electron chi connectivity index (χ2n) is 5.33. The van der Waals surface area contributed by atoms with Crippen LogP contribution in [0.3, 0.4) is 0 Å². The highest BCUT2D eigenvalue weighted by molar-refractivity contribution is 6.11. The van der Waals surface area contributed by atoms with E-state index in [1.807, 2.05) is 34.9 Å². The van der Waals surface area contributed by atoms with Crippen LogP contribution in [0.25, 0.3) is 27.3 Å². The largest absolute Gasteiger partial charge is 0.477 e. The molecule has 2 aromatic heterocycles. The Hall–Kier alpha value is -2.62. The van der Waals surface area contributed by atoms with Crippen molar-refractivity contribution in [2.24, 2.45) is 0 Å². The monoisotopic (exact) mass is 294 g/mol. The maximum atomic E-state index is 13.7. The fourth-order valence-corrected chi connectivity index (χ4v) is 2.85. The van der Waals surface area contributed by atoms with Crippen LogP contribution in [0.5, 0.6) is 5.88 Å². The zero-order valence-corrected chi connectivity index (χ0v) is 12.2. The lowest BCUT2D eigenvalue weighted by Gasteiger charge is -2.07. The third-order valence-electron chi connectivity index (χ3n) is 3.81. The summed E-state index contributed by atoms with van der Waals surface area (Å²) in [7, 11) is 0. The SMILES string of the molecule is CCCOc1cn2c3ccccc3c3cc(F)ccc3c2n1. The number of hydrogen-bond acceptors (Lipinski definition) is 2. The molecule has 0 bridgehead atoms. The standard InChI is InChI=1S/C18H15FN2O/c1-2-9-22-17-11-21-16-6-4-3-5-13(16)15-10-12(19)7-8-14(15)18(21)20-17/h3-8,10-11H,2,9H2,1H3. The van der Waals surface area contributed by atoms with E-state index < -0.39 is 0 Å². The van der Waals surface area contributed by atoms with Gasteiger partial charge in [0.15, 0.2) is 0 Å². The van der Waals surface area contributed by atoms with Gasteiger partial charge < -0.3 is 4.74 Å². The average molecular weight is 294 g/mol. The van der Waals surface area contributed by atoms with Gasteiger partial charge in [0.1, 0.15) is 11.5 Å². The van der Waals surface area contributed by atoms with Crippen molar-refractivity contribution in [2.75, 3.05) is 6.61 Å². The number of pyridine rings is 1. The molecule has 2 aromatic carbocycles. The lowest BCUT2D eigenvalue weighted by atomic mass is 10.1. The van der Waals surface area contributed by atoms with Crippen molar-refractivity contribution < 1.29 is 9.13 Å². The van der Waals surface area contributed by atoms with Crippen LogP contribution in [0.15, 0.2) is 48.7 Å². The van der Waals surface area contributed by atoms with Gasteiger partial charge in [0.05, 0.1) is 18.3 Å². The maximum absolute atomic E-state index is 13.7. The highest BCUT2D eigenvalue weighted by Gasteiger charge is 2.12. The zero-order chi connectivity index (χ0) is 15.1. The van der Waals surface area contributed by atoms with Crippen molar-refractivity contribution in [3.8, 4) is 5.88 Å². The number of para-hydroxylation sites is 1. The third kappa shape index (κ3) is 1.91. The quantitative estimate of drug-likeness (QED) is 0.517. The smallest absolute Gasteiger partial charge is 0.232 e. The Morgan fingerprint density at radius 2 is 1.95 bits per heavy atom. The summed E-state index contributed by atoms with van der Waals surface area (Å²) in [6.07, 6.45) is 2.83. The van der Waals surface area contributed by atoms with Crippen LogP contribution in [-0.4, -0.2) is 16.0 Å². The first-order chi connectivity index (χ1) is 10.8. The van der Waals surface area contributed by atoms with E-state index in [0.717, 1.165) is 33.7 Å². The van der Waals surface area contributed by atoms with Crippen LogP contribution in [0.2, 0.25) is 0 Å². The Kier molecular flexibility index (Phi) is 2.96. The molecule has 0 aliphatic carbocycles. The molecule has 0 N–H and O–H groups in total. The van der Waals surface area contributed by atoms with Gasteiger partial charge in [-0.15, -0.1) is 0 Å². The summed E-state index contributed by atoms with van der Waals surface area (Å²) < 4.78 is 21.4. The molecular weight excluding hydrogens is 279 g/mol. The van der Waals surface area contributed by atoms with Crippen LogP contribution < -0.4 is 4.74 Å². The van der Waals surface area contributed by atoms with Gasteiger partial charge >= 0.3 is 0 Å². The van der Waals surface area contributed by atoms with Crippen molar-refractivity contribution in [3.63, 3.8) is 0 Å². The molecule has 0 spiro atoms. The summed E-state index contributed by atoms with van der Waals surface area (Å²) in [6.45, 7) is 2.69. The van der Waals surface area contributed by atoms with E-state index in [4.69, 9.17) is 4.74 Å². The Morgan fingerprint density at radius 3 is 2.82 bits per heavy atom. The van der Waals surface area contributed by atoms with Gasteiger partial charge in [0.2, 0.25) is 5.88 Å². The van der Waals surface area contributed by atoms with Crippen molar-refractivity contribution in [1.82, 2.24) is 9.38 Å². The molecule has 4 heteroatoms. The van der Waals surface area contributed by atoms with E-state index in [1.54, 1.807) is 12.1 Å². The zero-order valence-electron chi connectivity index (χ0n) is 12.2. The predicted molar refractivity (Wildman–Crippen MR) is 85.9 cm³/mol. The summed E-state index contributed by atoms with van der Waals surface area (Å²) in [5, 5.41) is 2.80. The van der Waals surface area contributed by atoms with Crippen molar-refractivity contribution in [1.29, 1.82) is 0 Å². The number of benzene rings is 2. The Morgan fingerprint density at radius 1 is 1.09 bits per heavy atom. The number of ether oxygens (including phenoxy) is 1. The molecule has 0 saturated carbocycles. The lowest BCUT2D eigenvalue weighted by Crippen LogP contribution is -1.94. The minimum absolute atomic E-state index is 0.240. The second kappa shape index (κ2) is 4.98. The highest BCUT2D eigenvalue weighted by Crippen LogP contribution is 2.31. The number of hydrogen-bond donors (Lipinski definition) is 0. The minimum Gasteiger partial charge on any atom is -0.477 e. The second-order valence-corrected chi connectivity index (χ2v) is 5.33. The molecule has 22 heavy (non-hydrogen) atoms. The van der Waals surface area contributed by atoms with Gasteiger partial charge in [-0.2, -0.15) is 4.98 Å². The maximum Gasteiger partial charge on any atom is 0.232 e. The summed E-state index contributed by atoms with van der Waals surface area (Å²) in [4.78, 5) is 4.58. The van der Waals surface area contributed by atoms with Gasteiger partial charge in [0.25, 0.3) is 0 Å².